The highest BCUT2D eigenvalue weighted by molar-refractivity contribution is 7.92. The lowest BCUT2D eigenvalue weighted by Gasteiger charge is -2.03. The van der Waals surface area contributed by atoms with E-state index in [1.807, 2.05) is 4.72 Å². The second kappa shape index (κ2) is 3.55. The van der Waals surface area contributed by atoms with E-state index in [0.717, 1.165) is 12.3 Å². The van der Waals surface area contributed by atoms with Gasteiger partial charge in [0.05, 0.1) is 23.6 Å². The predicted molar refractivity (Wildman–Crippen MR) is 49.8 cm³/mol. The third kappa shape index (κ3) is 2.64. The smallest absolute Gasteiger partial charge is 0.229 e. The van der Waals surface area contributed by atoms with Gasteiger partial charge >= 0.3 is 0 Å². The number of benzene rings is 1. The lowest BCUT2D eigenvalue weighted by molar-refractivity contribution is 0.357. The second-order valence-corrected chi connectivity index (χ2v) is 4.45. The van der Waals surface area contributed by atoms with Crippen LogP contribution in [-0.2, 0) is 15.1 Å². The summed E-state index contributed by atoms with van der Waals surface area (Å²) in [5.41, 5.74) is 0.127. The summed E-state index contributed by atoms with van der Waals surface area (Å²) in [7, 11) is -3.48. The minimum Gasteiger partial charge on any atom is -0.288 e. The summed E-state index contributed by atoms with van der Waals surface area (Å²) in [4.78, 5) is 0. The molecule has 0 heterocycles. The van der Waals surface area contributed by atoms with Gasteiger partial charge in [0, 0.05) is 0 Å². The van der Waals surface area contributed by atoms with Crippen LogP contribution < -0.4 is 4.72 Å². The van der Waals surface area contributed by atoms with Crippen LogP contribution in [0.2, 0.25) is 0 Å². The van der Waals surface area contributed by atoms with Crippen LogP contribution in [0, 0.1) is 11.3 Å². The average molecular weight is 211 g/mol. The Bertz CT molecular complexity index is 488. The summed E-state index contributed by atoms with van der Waals surface area (Å²) in [6.45, 7) is 0. The van der Waals surface area contributed by atoms with Crippen LogP contribution >= 0.6 is 0 Å². The van der Waals surface area contributed by atoms with Gasteiger partial charge in [-0.1, -0.05) is 0 Å². The zero-order valence-electron chi connectivity index (χ0n) is 7.31. The van der Waals surface area contributed by atoms with E-state index in [2.05, 4.69) is 0 Å². The Balaban J connectivity index is 3.15. The van der Waals surface area contributed by atoms with Crippen molar-refractivity contribution < 1.29 is 13.5 Å². The van der Waals surface area contributed by atoms with E-state index in [0.29, 0.717) is 0 Å². The minimum absolute atomic E-state index is 0.105. The van der Waals surface area contributed by atoms with Gasteiger partial charge in [-0.05, 0) is 18.2 Å². The molecule has 0 atom stereocenters. The van der Waals surface area contributed by atoms with E-state index in [9.17, 15) is 13.5 Å². The molecular weight excluding hydrogens is 204 g/mol. The van der Waals surface area contributed by atoms with Crippen LogP contribution in [0.4, 0.5) is 5.69 Å². The molecule has 0 aliphatic rings. The first-order valence-corrected chi connectivity index (χ1v) is 5.50. The SMILES string of the molecule is CS(=O)(=O)Nc1cc(C#N)ccc1[O]. The molecule has 0 saturated heterocycles. The molecule has 0 saturated carbocycles. The standard InChI is InChI=1S/C8H7N2O3S/c1-14(12,13)10-7-4-6(5-9)2-3-8(7)11/h2-4,10H,1H3. The van der Waals surface area contributed by atoms with E-state index in [1.54, 1.807) is 6.07 Å². The highest BCUT2D eigenvalue weighted by atomic mass is 32.2. The maximum Gasteiger partial charge on any atom is 0.229 e. The zero-order chi connectivity index (χ0) is 10.8. The Morgan fingerprint density at radius 3 is 2.57 bits per heavy atom. The third-order valence-corrected chi connectivity index (χ3v) is 1.99. The number of hydrogen-bond donors (Lipinski definition) is 1. The summed E-state index contributed by atoms with van der Waals surface area (Å²) in [6, 6.07) is 5.48. The molecule has 1 N–H and O–H groups in total. The van der Waals surface area contributed by atoms with Crippen LogP contribution in [0.1, 0.15) is 5.56 Å². The maximum atomic E-state index is 11.1. The van der Waals surface area contributed by atoms with E-state index in [1.165, 1.54) is 12.1 Å². The molecule has 0 aliphatic heterocycles. The molecule has 14 heavy (non-hydrogen) atoms. The highest BCUT2D eigenvalue weighted by Crippen LogP contribution is 2.25. The molecule has 0 aromatic heterocycles. The normalized spacial score (nSPS) is 10.6. The van der Waals surface area contributed by atoms with Gasteiger partial charge in [0.1, 0.15) is 0 Å². The number of rotatable bonds is 2. The topological polar surface area (TPSA) is 89.9 Å². The van der Waals surface area contributed by atoms with Gasteiger partial charge in [-0.15, -0.1) is 0 Å². The monoisotopic (exact) mass is 211 g/mol. The van der Waals surface area contributed by atoms with Crippen molar-refractivity contribution in [1.82, 2.24) is 0 Å². The molecule has 0 unspecified atom stereocenters. The quantitative estimate of drug-likeness (QED) is 0.793. The summed E-state index contributed by atoms with van der Waals surface area (Å²) in [5.74, 6) is -0.463. The second-order valence-electron chi connectivity index (χ2n) is 2.70. The van der Waals surface area contributed by atoms with Gasteiger partial charge in [-0.2, -0.15) is 5.26 Å². The molecule has 73 valence electrons. The minimum atomic E-state index is -3.48. The highest BCUT2D eigenvalue weighted by Gasteiger charge is 2.08. The number of anilines is 1. The zero-order valence-corrected chi connectivity index (χ0v) is 8.13. The van der Waals surface area contributed by atoms with Crippen LogP contribution in [0.25, 0.3) is 0 Å². The molecule has 1 aromatic rings. The molecule has 6 heteroatoms. The van der Waals surface area contributed by atoms with Crippen molar-refractivity contribution in [2.75, 3.05) is 11.0 Å². The van der Waals surface area contributed by atoms with Crippen molar-refractivity contribution in [3.63, 3.8) is 0 Å². The third-order valence-electron chi connectivity index (χ3n) is 1.40. The molecule has 0 aliphatic carbocycles. The van der Waals surface area contributed by atoms with Gasteiger partial charge in [-0.25, -0.2) is 8.42 Å². The van der Waals surface area contributed by atoms with E-state index in [4.69, 9.17) is 5.26 Å². The van der Waals surface area contributed by atoms with Crippen LogP contribution in [0.15, 0.2) is 18.2 Å². The number of hydrogen-bond acceptors (Lipinski definition) is 3. The first-order chi connectivity index (χ1) is 6.42. The molecular formula is C8H7N2O3S. The molecule has 1 aromatic carbocycles. The Morgan fingerprint density at radius 1 is 1.43 bits per heavy atom. The fourth-order valence-electron chi connectivity index (χ4n) is 0.879. The maximum absolute atomic E-state index is 11.1. The van der Waals surface area contributed by atoms with E-state index in [-0.39, 0.29) is 11.3 Å². The summed E-state index contributed by atoms with van der Waals surface area (Å²) >= 11 is 0. The number of nitrogens with zero attached hydrogens (tertiary/aromatic N) is 1. The van der Waals surface area contributed by atoms with Crippen molar-refractivity contribution in [2.24, 2.45) is 0 Å². The Morgan fingerprint density at radius 2 is 2.07 bits per heavy atom. The Kier molecular flexibility index (Phi) is 2.63. The van der Waals surface area contributed by atoms with Gasteiger partial charge in [0.15, 0.2) is 0 Å². The fraction of sp³-hybridized carbons (Fsp3) is 0.125. The molecule has 1 rings (SSSR count). The molecule has 5 nitrogen and oxygen atoms in total. The molecule has 0 amide bonds. The van der Waals surface area contributed by atoms with Gasteiger partial charge < -0.3 is 0 Å². The van der Waals surface area contributed by atoms with Crippen molar-refractivity contribution in [3.05, 3.63) is 23.8 Å². The van der Waals surface area contributed by atoms with Gasteiger partial charge in [0.2, 0.25) is 15.8 Å². The summed E-state index contributed by atoms with van der Waals surface area (Å²) in [5, 5.41) is 19.7. The van der Waals surface area contributed by atoms with Crippen molar-refractivity contribution >= 4 is 15.7 Å². The number of nitrogens with one attached hydrogen (secondary N) is 1. The van der Waals surface area contributed by atoms with Crippen molar-refractivity contribution in [1.29, 1.82) is 5.26 Å². The Labute approximate surface area is 81.7 Å². The average Bonchev–Trinajstić information content (AvgIpc) is 2.06. The van der Waals surface area contributed by atoms with E-state index < -0.39 is 15.8 Å². The molecule has 0 fully saturated rings. The number of sulfonamides is 1. The largest absolute Gasteiger partial charge is 0.288 e. The van der Waals surface area contributed by atoms with Crippen LogP contribution in [0.3, 0.4) is 0 Å². The summed E-state index contributed by atoms with van der Waals surface area (Å²) in [6.07, 6.45) is 0.936. The van der Waals surface area contributed by atoms with Crippen molar-refractivity contribution in [3.8, 4) is 11.8 Å². The van der Waals surface area contributed by atoms with E-state index >= 15 is 0 Å². The molecule has 1 radical (unpaired) electrons. The van der Waals surface area contributed by atoms with Crippen LogP contribution in [0.5, 0.6) is 5.75 Å². The first kappa shape index (κ1) is 10.3. The summed E-state index contributed by atoms with van der Waals surface area (Å²) < 4.78 is 23.7. The lowest BCUT2D eigenvalue weighted by Crippen LogP contribution is -2.09. The molecule has 0 spiro atoms. The first-order valence-electron chi connectivity index (χ1n) is 3.61. The molecule has 0 bridgehead atoms. The van der Waals surface area contributed by atoms with Crippen LogP contribution in [-0.4, -0.2) is 14.7 Å². The number of nitriles is 1. The predicted octanol–water partition coefficient (Wildman–Crippen LogP) is 1.07. The fourth-order valence-corrected chi connectivity index (χ4v) is 1.44. The Hall–Kier alpha value is -1.74. The van der Waals surface area contributed by atoms with Crippen molar-refractivity contribution in [2.45, 2.75) is 0 Å². The van der Waals surface area contributed by atoms with Gasteiger partial charge in [-0.3, -0.25) is 9.83 Å². The van der Waals surface area contributed by atoms with Gasteiger partial charge in [0.25, 0.3) is 0 Å². The lowest BCUT2D eigenvalue weighted by atomic mass is 10.2.